The number of Topliss-reactive ketones (excluding diaryl/α,β-unsaturated/α-hetero) is 1. The minimum absolute atomic E-state index is 0.0207. The molecule has 1 spiro atoms. The van der Waals surface area contributed by atoms with E-state index in [2.05, 4.69) is 4.74 Å². The van der Waals surface area contributed by atoms with Crippen molar-refractivity contribution in [2.24, 2.45) is 0 Å². The molecule has 5 rings (SSSR count). The van der Waals surface area contributed by atoms with Gasteiger partial charge in [-0.1, -0.05) is 60.7 Å². The Balaban J connectivity index is 0.000000204. The van der Waals surface area contributed by atoms with Gasteiger partial charge in [0.2, 0.25) is 0 Å². The van der Waals surface area contributed by atoms with E-state index >= 15 is 0 Å². The lowest BCUT2D eigenvalue weighted by Crippen LogP contribution is -2.41. The van der Waals surface area contributed by atoms with Crippen molar-refractivity contribution in [1.82, 2.24) is 9.80 Å². The number of carbonyl (C=O) groups excluding carboxylic acids is 5. The van der Waals surface area contributed by atoms with Gasteiger partial charge in [0, 0.05) is 19.4 Å². The van der Waals surface area contributed by atoms with Crippen molar-refractivity contribution in [3.63, 3.8) is 0 Å². The lowest BCUT2D eigenvalue weighted by molar-refractivity contribution is -0.146. The fourth-order valence-electron chi connectivity index (χ4n) is 5.04. The summed E-state index contributed by atoms with van der Waals surface area (Å²) in [5, 5.41) is 0. The fourth-order valence-corrected chi connectivity index (χ4v) is 8.39. The zero-order chi connectivity index (χ0) is 31.5. The number of carbonyl (C=O) groups is 5. The maximum absolute atomic E-state index is 12.6. The smallest absolute Gasteiger partial charge is 0.411 e. The Kier molecular flexibility index (Phi) is 12.0. The average Bonchev–Trinajstić information content (AvgIpc) is 3.64. The normalized spacial score (nSPS) is 20.4. The van der Waals surface area contributed by atoms with E-state index in [0.29, 0.717) is 13.0 Å². The van der Waals surface area contributed by atoms with E-state index < -0.39 is 30.2 Å². The highest BCUT2D eigenvalue weighted by Crippen LogP contribution is 2.50. The molecule has 0 bridgehead atoms. The zero-order valence-corrected chi connectivity index (χ0v) is 26.3. The van der Waals surface area contributed by atoms with Crippen LogP contribution in [0.25, 0.3) is 0 Å². The molecule has 2 aromatic carbocycles. The molecule has 3 saturated heterocycles. The van der Waals surface area contributed by atoms with E-state index in [9.17, 15) is 24.0 Å². The maximum Gasteiger partial charge on any atom is 0.411 e. The number of hydrogen-bond acceptors (Lipinski definition) is 11. The van der Waals surface area contributed by atoms with E-state index in [1.807, 2.05) is 84.2 Å². The highest BCUT2D eigenvalue weighted by atomic mass is 32.2. The van der Waals surface area contributed by atoms with Gasteiger partial charge in [0.15, 0.2) is 5.78 Å². The Hall–Kier alpha value is -3.71. The highest BCUT2D eigenvalue weighted by Gasteiger charge is 2.51. The van der Waals surface area contributed by atoms with Gasteiger partial charge in [-0.2, -0.15) is 0 Å². The predicted octanol–water partition coefficient (Wildman–Crippen LogP) is 4.28. The molecule has 0 N–H and O–H groups in total. The first-order valence-corrected chi connectivity index (χ1v) is 16.1. The number of esters is 2. The summed E-state index contributed by atoms with van der Waals surface area (Å²) in [5.74, 6) is 0.974. The molecule has 3 aliphatic heterocycles. The van der Waals surface area contributed by atoms with Gasteiger partial charge >= 0.3 is 24.1 Å². The quantitative estimate of drug-likeness (QED) is 0.330. The third-order valence-electron chi connectivity index (χ3n) is 7.28. The number of methoxy groups -OCH3 is 2. The summed E-state index contributed by atoms with van der Waals surface area (Å²) < 4.78 is 19.9. The first-order valence-electron chi connectivity index (χ1n) is 14.1. The number of rotatable bonds is 6. The first-order chi connectivity index (χ1) is 21.2. The summed E-state index contributed by atoms with van der Waals surface area (Å²) in [6.45, 7) is 0.707. The molecule has 0 aliphatic carbocycles. The van der Waals surface area contributed by atoms with Gasteiger partial charge in [0.1, 0.15) is 25.3 Å². The number of amides is 2. The predicted molar refractivity (Wildman–Crippen MR) is 165 cm³/mol. The summed E-state index contributed by atoms with van der Waals surface area (Å²) >= 11 is 3.69. The van der Waals surface area contributed by atoms with Crippen molar-refractivity contribution in [3.8, 4) is 0 Å². The van der Waals surface area contributed by atoms with E-state index in [1.165, 1.54) is 20.6 Å². The molecule has 2 unspecified atom stereocenters. The van der Waals surface area contributed by atoms with Crippen molar-refractivity contribution in [2.45, 2.75) is 48.6 Å². The molecule has 236 valence electrons. The molecule has 2 amide bonds. The van der Waals surface area contributed by atoms with Crippen LogP contribution in [-0.4, -0.2) is 94.7 Å². The second-order valence-corrected chi connectivity index (χ2v) is 13.5. The minimum atomic E-state index is -0.879. The van der Waals surface area contributed by atoms with Gasteiger partial charge in [0.25, 0.3) is 0 Å². The lowest BCUT2D eigenvalue weighted by Gasteiger charge is -2.31. The lowest BCUT2D eigenvalue weighted by atomic mass is 10.2. The number of ketones is 1. The second kappa shape index (κ2) is 15.8. The number of hydrogen-bond donors (Lipinski definition) is 0. The summed E-state index contributed by atoms with van der Waals surface area (Å²) in [5.41, 5.74) is 1.76. The van der Waals surface area contributed by atoms with E-state index in [0.717, 1.165) is 27.5 Å². The standard InChI is InChI=1S/C17H21NO4S2.C14H15NO5/c1-21-15(19)14-10-17(23-8-5-9-24-17)12-18(14)16(20)22-11-13-6-3-2-4-7-13;1-19-13(17)12-7-11(16)8-15(12)14(18)20-9-10-5-3-2-4-6-10/h2-4,6-7,14H,5,8-12H2,1H3;2-6,12H,7-9H2,1H3. The van der Waals surface area contributed by atoms with E-state index in [4.69, 9.17) is 14.2 Å². The molecule has 2 aromatic rings. The molecule has 0 saturated carbocycles. The number of ether oxygens (including phenoxy) is 4. The van der Waals surface area contributed by atoms with Crippen LogP contribution in [0.5, 0.6) is 0 Å². The molecule has 3 fully saturated rings. The van der Waals surface area contributed by atoms with Crippen LogP contribution in [0.15, 0.2) is 60.7 Å². The summed E-state index contributed by atoms with van der Waals surface area (Å²) in [6, 6.07) is 17.3. The van der Waals surface area contributed by atoms with Crippen LogP contribution < -0.4 is 0 Å². The monoisotopic (exact) mass is 644 g/mol. The van der Waals surface area contributed by atoms with Crippen LogP contribution >= 0.6 is 23.5 Å². The summed E-state index contributed by atoms with van der Waals surface area (Å²) in [7, 11) is 2.58. The first kappa shape index (κ1) is 33.2. The Bertz CT molecular complexity index is 1310. The zero-order valence-electron chi connectivity index (χ0n) is 24.7. The maximum atomic E-state index is 12.6. The molecule has 0 aromatic heterocycles. The Morgan fingerprint density at radius 2 is 1.27 bits per heavy atom. The van der Waals surface area contributed by atoms with Crippen molar-refractivity contribution in [3.05, 3.63) is 71.8 Å². The molecule has 0 radical (unpaired) electrons. The van der Waals surface area contributed by atoms with Gasteiger partial charge in [-0.25, -0.2) is 19.2 Å². The molecule has 3 heterocycles. The van der Waals surface area contributed by atoms with Crippen LogP contribution in [-0.2, 0) is 46.5 Å². The van der Waals surface area contributed by atoms with E-state index in [-0.39, 0.29) is 42.0 Å². The molecule has 13 heteroatoms. The van der Waals surface area contributed by atoms with Gasteiger partial charge in [-0.15, -0.1) is 23.5 Å². The molecular weight excluding hydrogens is 608 g/mol. The van der Waals surface area contributed by atoms with Crippen molar-refractivity contribution in [2.75, 3.05) is 38.8 Å². The van der Waals surface area contributed by atoms with E-state index in [1.54, 1.807) is 4.90 Å². The van der Waals surface area contributed by atoms with Crippen LogP contribution in [0.1, 0.15) is 30.4 Å². The van der Waals surface area contributed by atoms with Crippen LogP contribution in [0.3, 0.4) is 0 Å². The number of thioether (sulfide) groups is 2. The summed E-state index contributed by atoms with van der Waals surface area (Å²) in [4.78, 5) is 62.2. The van der Waals surface area contributed by atoms with Gasteiger partial charge in [-0.05, 0) is 29.1 Å². The molecule has 2 atom stereocenters. The highest BCUT2D eigenvalue weighted by molar-refractivity contribution is 8.18. The number of likely N-dealkylation sites (tertiary alicyclic amines) is 2. The largest absolute Gasteiger partial charge is 0.467 e. The van der Waals surface area contributed by atoms with Crippen LogP contribution in [0, 0.1) is 0 Å². The van der Waals surface area contributed by atoms with Gasteiger partial charge < -0.3 is 18.9 Å². The second-order valence-electron chi connectivity index (χ2n) is 10.3. The average molecular weight is 645 g/mol. The SMILES string of the molecule is COC(=O)C1CC(=O)CN1C(=O)OCc1ccccc1.COC(=O)C1CC2(CN1C(=O)OCc1ccccc1)SCCCS2. The third-order valence-corrected chi connectivity index (χ3v) is 10.6. The molecule has 44 heavy (non-hydrogen) atoms. The van der Waals surface area contributed by atoms with Crippen molar-refractivity contribution >= 4 is 53.4 Å². The van der Waals surface area contributed by atoms with Gasteiger partial charge in [0.05, 0.1) is 24.8 Å². The Morgan fingerprint density at radius 1 is 0.773 bits per heavy atom. The fraction of sp³-hybridized carbons (Fsp3) is 0.452. The van der Waals surface area contributed by atoms with Crippen LogP contribution in [0.4, 0.5) is 9.59 Å². The minimum Gasteiger partial charge on any atom is -0.467 e. The topological polar surface area (TPSA) is 129 Å². The molecular formula is C31H36N2O9S2. The number of nitrogens with zero attached hydrogens (tertiary/aromatic N) is 2. The van der Waals surface area contributed by atoms with Crippen molar-refractivity contribution in [1.29, 1.82) is 0 Å². The Morgan fingerprint density at radius 3 is 1.80 bits per heavy atom. The Labute approximate surface area is 264 Å². The summed E-state index contributed by atoms with van der Waals surface area (Å²) in [6.07, 6.45) is 0.633. The van der Waals surface area contributed by atoms with Gasteiger partial charge in [-0.3, -0.25) is 14.6 Å². The number of benzene rings is 2. The van der Waals surface area contributed by atoms with Crippen molar-refractivity contribution < 1.29 is 42.9 Å². The molecule has 3 aliphatic rings. The van der Waals surface area contributed by atoms with Crippen LogP contribution in [0.2, 0.25) is 0 Å². The third kappa shape index (κ3) is 8.69. The molecule has 11 nitrogen and oxygen atoms in total.